The molecule has 0 saturated heterocycles. The zero-order chi connectivity index (χ0) is 15.0. The van der Waals surface area contributed by atoms with E-state index in [1.165, 1.54) is 26.4 Å². The third kappa shape index (κ3) is 5.85. The van der Waals surface area contributed by atoms with Gasteiger partial charge < -0.3 is 14.6 Å². The van der Waals surface area contributed by atoms with Crippen molar-refractivity contribution in [2.24, 2.45) is 11.8 Å². The predicted octanol–water partition coefficient (Wildman–Crippen LogP) is 1.17. The van der Waals surface area contributed by atoms with Crippen LogP contribution in [0, 0.1) is 11.8 Å². The number of esters is 2. The number of ether oxygens (including phenoxy) is 2. The molecule has 0 aromatic rings. The molecule has 19 heavy (non-hydrogen) atoms. The third-order valence-corrected chi connectivity index (χ3v) is 2.65. The Labute approximate surface area is 111 Å². The van der Waals surface area contributed by atoms with Gasteiger partial charge in [0.1, 0.15) is 0 Å². The molecule has 0 radical (unpaired) electrons. The van der Waals surface area contributed by atoms with Gasteiger partial charge in [0.15, 0.2) is 0 Å². The van der Waals surface area contributed by atoms with E-state index in [1.807, 2.05) is 0 Å². The third-order valence-electron chi connectivity index (χ3n) is 2.65. The van der Waals surface area contributed by atoms with Crippen LogP contribution in [0.4, 0.5) is 0 Å². The van der Waals surface area contributed by atoms with Crippen LogP contribution < -0.4 is 0 Å². The fraction of sp³-hybridized carbons (Fsp3) is 0.462. The molecule has 0 rings (SSSR count). The molecule has 6 heteroatoms. The van der Waals surface area contributed by atoms with Crippen molar-refractivity contribution >= 4 is 17.9 Å². The van der Waals surface area contributed by atoms with E-state index in [0.29, 0.717) is 0 Å². The molecule has 2 unspecified atom stereocenters. The summed E-state index contributed by atoms with van der Waals surface area (Å²) in [5.74, 6) is -3.23. The fourth-order valence-corrected chi connectivity index (χ4v) is 1.13. The normalized spacial score (nSPS) is 14.8. The zero-order valence-electron chi connectivity index (χ0n) is 11.4. The van der Waals surface area contributed by atoms with Gasteiger partial charge in [-0.05, 0) is 5.92 Å². The van der Waals surface area contributed by atoms with Crippen molar-refractivity contribution in [3.63, 3.8) is 0 Å². The Hall–Kier alpha value is -2.11. The molecule has 0 bridgehead atoms. The Balaban J connectivity index is 5.02. The Morgan fingerprint density at radius 2 is 1.68 bits per heavy atom. The van der Waals surface area contributed by atoms with E-state index in [-0.39, 0.29) is 11.5 Å². The summed E-state index contributed by atoms with van der Waals surface area (Å²) in [4.78, 5) is 33.3. The zero-order valence-corrected chi connectivity index (χ0v) is 11.4. The first-order valence-electron chi connectivity index (χ1n) is 5.62. The van der Waals surface area contributed by atoms with E-state index in [1.54, 1.807) is 13.8 Å². The lowest BCUT2D eigenvalue weighted by atomic mass is 9.95. The number of carboxylic acids is 1. The molecule has 1 N–H and O–H groups in total. The van der Waals surface area contributed by atoms with Crippen LogP contribution in [0.5, 0.6) is 0 Å². The SMILES string of the molecule is COC(=O)C=C(C=CC(C)C(C)C(=O)O)C(=O)OC. The average molecular weight is 270 g/mol. The molecule has 2 atom stereocenters. The van der Waals surface area contributed by atoms with E-state index in [9.17, 15) is 14.4 Å². The van der Waals surface area contributed by atoms with Crippen molar-refractivity contribution in [2.45, 2.75) is 13.8 Å². The van der Waals surface area contributed by atoms with Crippen LogP contribution >= 0.6 is 0 Å². The number of rotatable bonds is 6. The maximum atomic E-state index is 11.4. The van der Waals surface area contributed by atoms with Crippen LogP contribution in [0.25, 0.3) is 0 Å². The highest BCUT2D eigenvalue weighted by Gasteiger charge is 2.17. The molecule has 106 valence electrons. The summed E-state index contributed by atoms with van der Waals surface area (Å²) in [5, 5.41) is 8.84. The summed E-state index contributed by atoms with van der Waals surface area (Å²) in [5.41, 5.74) is -0.00112. The van der Waals surface area contributed by atoms with Crippen LogP contribution in [0.15, 0.2) is 23.8 Å². The number of carbonyl (C=O) groups is 3. The van der Waals surface area contributed by atoms with E-state index >= 15 is 0 Å². The van der Waals surface area contributed by atoms with Gasteiger partial charge in [0.05, 0.1) is 25.7 Å². The van der Waals surface area contributed by atoms with Gasteiger partial charge >= 0.3 is 17.9 Å². The van der Waals surface area contributed by atoms with Gasteiger partial charge in [-0.25, -0.2) is 9.59 Å². The van der Waals surface area contributed by atoms with Crippen LogP contribution in [0.1, 0.15) is 13.8 Å². The van der Waals surface area contributed by atoms with Crippen molar-refractivity contribution in [2.75, 3.05) is 14.2 Å². The van der Waals surface area contributed by atoms with Crippen molar-refractivity contribution in [1.29, 1.82) is 0 Å². The number of methoxy groups -OCH3 is 2. The highest BCUT2D eigenvalue weighted by molar-refractivity contribution is 5.98. The standard InChI is InChI=1S/C13H18O6/c1-8(9(2)12(15)16)5-6-10(13(17)19-4)7-11(14)18-3/h5-9H,1-4H3,(H,15,16). The highest BCUT2D eigenvalue weighted by atomic mass is 16.5. The maximum Gasteiger partial charge on any atom is 0.338 e. The Morgan fingerprint density at radius 1 is 1.11 bits per heavy atom. The molecule has 0 aromatic carbocycles. The predicted molar refractivity (Wildman–Crippen MR) is 67.2 cm³/mol. The summed E-state index contributed by atoms with van der Waals surface area (Å²) in [6.07, 6.45) is 3.87. The number of carboxylic acid groups (broad SMARTS) is 1. The second-order valence-electron chi connectivity index (χ2n) is 3.96. The van der Waals surface area contributed by atoms with Crippen LogP contribution in [-0.2, 0) is 23.9 Å². The van der Waals surface area contributed by atoms with E-state index in [2.05, 4.69) is 9.47 Å². The Kier molecular flexibility index (Phi) is 7.18. The molecule has 0 fully saturated rings. The van der Waals surface area contributed by atoms with Crippen molar-refractivity contribution in [3.8, 4) is 0 Å². The van der Waals surface area contributed by atoms with Gasteiger partial charge in [-0.15, -0.1) is 0 Å². The first-order valence-corrected chi connectivity index (χ1v) is 5.62. The number of aliphatic carboxylic acids is 1. The summed E-state index contributed by atoms with van der Waals surface area (Å²) in [6, 6.07) is 0. The lowest BCUT2D eigenvalue weighted by molar-refractivity contribution is -0.142. The van der Waals surface area contributed by atoms with Crippen molar-refractivity contribution < 1.29 is 29.0 Å². The quantitative estimate of drug-likeness (QED) is 0.442. The molecule has 0 aliphatic carbocycles. The largest absolute Gasteiger partial charge is 0.481 e. The minimum absolute atomic E-state index is 0.00112. The van der Waals surface area contributed by atoms with Crippen molar-refractivity contribution in [3.05, 3.63) is 23.8 Å². The van der Waals surface area contributed by atoms with Gasteiger partial charge in [0.25, 0.3) is 0 Å². The first-order chi connectivity index (χ1) is 8.83. The summed E-state index contributed by atoms with van der Waals surface area (Å²) < 4.78 is 8.93. The Bertz CT molecular complexity index is 407. The summed E-state index contributed by atoms with van der Waals surface area (Å²) in [7, 11) is 2.37. The molecule has 0 aliphatic heterocycles. The number of allylic oxidation sites excluding steroid dienone is 1. The van der Waals surface area contributed by atoms with Gasteiger partial charge in [-0.2, -0.15) is 0 Å². The number of carbonyl (C=O) groups excluding carboxylic acids is 2. The molecule has 6 nitrogen and oxygen atoms in total. The molecule has 0 aliphatic rings. The molecule has 0 spiro atoms. The summed E-state index contributed by atoms with van der Waals surface area (Å²) in [6.45, 7) is 3.25. The smallest absolute Gasteiger partial charge is 0.338 e. The van der Waals surface area contributed by atoms with E-state index in [4.69, 9.17) is 5.11 Å². The van der Waals surface area contributed by atoms with Crippen molar-refractivity contribution in [1.82, 2.24) is 0 Å². The van der Waals surface area contributed by atoms with Gasteiger partial charge in [0.2, 0.25) is 0 Å². The van der Waals surface area contributed by atoms with Gasteiger partial charge in [-0.1, -0.05) is 26.0 Å². The molecule has 0 aromatic heterocycles. The monoisotopic (exact) mass is 270 g/mol. The lowest BCUT2D eigenvalue weighted by Gasteiger charge is -2.11. The number of hydrogen-bond acceptors (Lipinski definition) is 5. The molecular weight excluding hydrogens is 252 g/mol. The average Bonchev–Trinajstić information content (AvgIpc) is 2.40. The van der Waals surface area contributed by atoms with Gasteiger partial charge in [-0.3, -0.25) is 4.79 Å². The van der Waals surface area contributed by atoms with E-state index in [0.717, 1.165) is 6.08 Å². The first kappa shape index (κ1) is 16.9. The second kappa shape index (κ2) is 8.07. The molecule has 0 heterocycles. The number of hydrogen-bond donors (Lipinski definition) is 1. The molecule has 0 amide bonds. The minimum Gasteiger partial charge on any atom is -0.481 e. The van der Waals surface area contributed by atoms with E-state index < -0.39 is 23.8 Å². The molecule has 0 saturated carbocycles. The topological polar surface area (TPSA) is 89.9 Å². The highest BCUT2D eigenvalue weighted by Crippen LogP contribution is 2.14. The maximum absolute atomic E-state index is 11.4. The minimum atomic E-state index is -0.936. The second-order valence-corrected chi connectivity index (χ2v) is 3.96. The Morgan fingerprint density at radius 3 is 2.11 bits per heavy atom. The molecular formula is C13H18O6. The van der Waals surface area contributed by atoms with Gasteiger partial charge in [0, 0.05) is 6.08 Å². The summed E-state index contributed by atoms with van der Waals surface area (Å²) >= 11 is 0. The lowest BCUT2D eigenvalue weighted by Crippen LogP contribution is -2.16. The fourth-order valence-electron chi connectivity index (χ4n) is 1.13. The van der Waals surface area contributed by atoms with Crippen LogP contribution in [-0.4, -0.2) is 37.2 Å². The van der Waals surface area contributed by atoms with Crippen LogP contribution in [0.3, 0.4) is 0 Å². The van der Waals surface area contributed by atoms with Crippen LogP contribution in [0.2, 0.25) is 0 Å².